The molecule has 1 aliphatic rings. The lowest BCUT2D eigenvalue weighted by atomic mass is 9.69. The number of piperidine rings is 1. The Kier molecular flexibility index (Phi) is 6.04. The van der Waals surface area contributed by atoms with Gasteiger partial charge in [0.05, 0.1) is 11.5 Å². The van der Waals surface area contributed by atoms with Gasteiger partial charge in [0.1, 0.15) is 5.82 Å². The van der Waals surface area contributed by atoms with Gasteiger partial charge in [-0.3, -0.25) is 4.90 Å². The Morgan fingerprint density at radius 1 is 1.10 bits per heavy atom. The third-order valence-electron chi connectivity index (χ3n) is 6.19. The summed E-state index contributed by atoms with van der Waals surface area (Å²) in [5, 5.41) is 10.3. The smallest absolute Gasteiger partial charge is 0.123 e. The van der Waals surface area contributed by atoms with Crippen LogP contribution < -0.4 is 0 Å². The topological polar surface area (TPSA) is 27.0 Å². The molecule has 30 heavy (non-hydrogen) atoms. The molecule has 0 radical (unpaired) electrons. The number of benzene rings is 3. The molecular weight excluding hydrogens is 439 g/mol. The fourth-order valence-corrected chi connectivity index (χ4v) is 4.81. The van der Waals surface area contributed by atoms with Gasteiger partial charge in [-0.15, -0.1) is 0 Å². The molecule has 4 heteroatoms. The molecule has 0 aromatic heterocycles. The quantitative estimate of drug-likeness (QED) is 0.431. The normalized spacial score (nSPS) is 21.9. The molecular formula is C26H24BrFN2. The van der Waals surface area contributed by atoms with Crippen LogP contribution in [0.5, 0.6) is 0 Å². The van der Waals surface area contributed by atoms with Gasteiger partial charge in [0.2, 0.25) is 0 Å². The van der Waals surface area contributed by atoms with Crippen molar-refractivity contribution in [3.63, 3.8) is 0 Å². The molecule has 0 N–H and O–H groups in total. The molecule has 0 aliphatic carbocycles. The van der Waals surface area contributed by atoms with Gasteiger partial charge >= 0.3 is 0 Å². The molecule has 4 rings (SSSR count). The summed E-state index contributed by atoms with van der Waals surface area (Å²) in [6, 6.07) is 26.1. The standard InChI is InChI=1S/C26H24BrFN2/c1-19-16-26(18-29,13-14-30(19)17-20-5-3-2-4-6-20)25-15-23(28)11-12-24(25)21-7-9-22(27)10-8-21/h2-12,15,19H,13-14,16-17H2,1H3/t19-,26-/m1/s1. The molecule has 0 saturated carbocycles. The minimum absolute atomic E-state index is 0.222. The first-order valence-electron chi connectivity index (χ1n) is 10.3. The van der Waals surface area contributed by atoms with E-state index >= 15 is 0 Å². The minimum atomic E-state index is -0.697. The second-order valence-electron chi connectivity index (χ2n) is 8.15. The Morgan fingerprint density at radius 3 is 2.50 bits per heavy atom. The summed E-state index contributed by atoms with van der Waals surface area (Å²) in [5.74, 6) is -0.292. The summed E-state index contributed by atoms with van der Waals surface area (Å²) in [7, 11) is 0. The van der Waals surface area contributed by atoms with E-state index in [-0.39, 0.29) is 11.9 Å². The number of rotatable bonds is 4. The lowest BCUT2D eigenvalue weighted by Crippen LogP contribution is -2.47. The molecule has 3 aromatic rings. The number of halogens is 2. The number of nitrogens with zero attached hydrogens (tertiary/aromatic N) is 2. The zero-order chi connectivity index (χ0) is 21.1. The summed E-state index contributed by atoms with van der Waals surface area (Å²) < 4.78 is 15.3. The van der Waals surface area contributed by atoms with Crippen LogP contribution in [0.1, 0.15) is 30.9 Å². The molecule has 0 unspecified atom stereocenters. The Hall–Kier alpha value is -2.48. The van der Waals surface area contributed by atoms with Crippen molar-refractivity contribution in [1.82, 2.24) is 4.90 Å². The Balaban J connectivity index is 1.67. The predicted octanol–water partition coefficient (Wildman–Crippen LogP) is 6.70. The Bertz CT molecular complexity index is 1060. The van der Waals surface area contributed by atoms with Gasteiger partial charge in [0, 0.05) is 23.6 Å². The van der Waals surface area contributed by atoms with Gasteiger partial charge in [-0.2, -0.15) is 5.26 Å². The van der Waals surface area contributed by atoms with Gasteiger partial charge in [0.15, 0.2) is 0 Å². The SMILES string of the molecule is C[C@@H]1C[C@](C#N)(c2cc(F)ccc2-c2ccc(Br)cc2)CCN1Cc1ccccc1. The first-order chi connectivity index (χ1) is 14.5. The molecule has 1 fully saturated rings. The van der Waals surface area contributed by atoms with Crippen molar-refractivity contribution in [3.05, 3.63) is 94.2 Å². The summed E-state index contributed by atoms with van der Waals surface area (Å²) in [4.78, 5) is 2.42. The van der Waals surface area contributed by atoms with Crippen LogP contribution in [0.4, 0.5) is 4.39 Å². The molecule has 2 atom stereocenters. The zero-order valence-electron chi connectivity index (χ0n) is 17.0. The van der Waals surface area contributed by atoms with Crippen LogP contribution >= 0.6 is 15.9 Å². The Morgan fingerprint density at radius 2 is 1.83 bits per heavy atom. The number of nitriles is 1. The maximum Gasteiger partial charge on any atom is 0.123 e. The van der Waals surface area contributed by atoms with Gasteiger partial charge in [-0.1, -0.05) is 64.5 Å². The van der Waals surface area contributed by atoms with E-state index in [0.717, 1.165) is 34.3 Å². The van der Waals surface area contributed by atoms with Gasteiger partial charge < -0.3 is 0 Å². The summed E-state index contributed by atoms with van der Waals surface area (Å²) in [5.41, 5.74) is 3.32. The van der Waals surface area contributed by atoms with E-state index in [1.54, 1.807) is 6.07 Å². The van der Waals surface area contributed by atoms with Crippen molar-refractivity contribution < 1.29 is 4.39 Å². The van der Waals surface area contributed by atoms with Gasteiger partial charge in [-0.25, -0.2) is 4.39 Å². The predicted molar refractivity (Wildman–Crippen MR) is 122 cm³/mol. The highest BCUT2D eigenvalue weighted by atomic mass is 79.9. The van der Waals surface area contributed by atoms with Crippen LogP contribution in [-0.4, -0.2) is 17.5 Å². The molecule has 1 aliphatic heterocycles. The van der Waals surface area contributed by atoms with Crippen LogP contribution in [0.3, 0.4) is 0 Å². The molecule has 2 nitrogen and oxygen atoms in total. The van der Waals surface area contributed by atoms with E-state index in [0.29, 0.717) is 12.8 Å². The molecule has 152 valence electrons. The average molecular weight is 463 g/mol. The molecule has 0 bridgehead atoms. The number of hydrogen-bond acceptors (Lipinski definition) is 2. The highest BCUT2D eigenvalue weighted by molar-refractivity contribution is 9.10. The highest BCUT2D eigenvalue weighted by Crippen LogP contribution is 2.43. The van der Waals surface area contributed by atoms with E-state index in [4.69, 9.17) is 0 Å². The fourth-order valence-electron chi connectivity index (χ4n) is 4.54. The highest BCUT2D eigenvalue weighted by Gasteiger charge is 2.41. The van der Waals surface area contributed by atoms with Crippen LogP contribution in [0.15, 0.2) is 77.3 Å². The van der Waals surface area contributed by atoms with E-state index in [2.05, 4.69) is 58.1 Å². The summed E-state index contributed by atoms with van der Waals surface area (Å²) in [6.45, 7) is 3.85. The van der Waals surface area contributed by atoms with E-state index < -0.39 is 5.41 Å². The van der Waals surface area contributed by atoms with E-state index in [9.17, 15) is 9.65 Å². The molecule has 0 spiro atoms. The third-order valence-corrected chi connectivity index (χ3v) is 6.72. The van der Waals surface area contributed by atoms with Gasteiger partial charge in [-0.05, 0) is 66.3 Å². The first kappa shape index (κ1) is 20.8. The van der Waals surface area contributed by atoms with Crippen molar-refractivity contribution in [1.29, 1.82) is 5.26 Å². The maximum absolute atomic E-state index is 14.3. The maximum atomic E-state index is 14.3. The van der Waals surface area contributed by atoms with Crippen molar-refractivity contribution in [2.75, 3.05) is 6.54 Å². The average Bonchev–Trinajstić information content (AvgIpc) is 2.77. The van der Waals surface area contributed by atoms with Crippen molar-refractivity contribution in [2.45, 2.75) is 37.8 Å². The Labute approximate surface area is 186 Å². The second kappa shape index (κ2) is 8.71. The van der Waals surface area contributed by atoms with Gasteiger partial charge in [0.25, 0.3) is 0 Å². The molecule has 1 saturated heterocycles. The second-order valence-corrected chi connectivity index (χ2v) is 9.07. The van der Waals surface area contributed by atoms with Crippen molar-refractivity contribution in [3.8, 4) is 17.2 Å². The first-order valence-corrected chi connectivity index (χ1v) is 11.1. The lowest BCUT2D eigenvalue weighted by molar-refractivity contribution is 0.117. The van der Waals surface area contributed by atoms with Crippen molar-refractivity contribution in [2.24, 2.45) is 0 Å². The van der Waals surface area contributed by atoms with Crippen LogP contribution in [0, 0.1) is 17.1 Å². The third kappa shape index (κ3) is 4.19. The molecule has 3 aromatic carbocycles. The molecule has 1 heterocycles. The molecule has 0 amide bonds. The largest absolute Gasteiger partial charge is 0.296 e. The fraction of sp³-hybridized carbons (Fsp3) is 0.269. The van der Waals surface area contributed by atoms with E-state index in [1.165, 1.54) is 11.6 Å². The lowest BCUT2D eigenvalue weighted by Gasteiger charge is -2.43. The summed E-state index contributed by atoms with van der Waals surface area (Å²) in [6.07, 6.45) is 1.37. The summed E-state index contributed by atoms with van der Waals surface area (Å²) >= 11 is 3.47. The van der Waals surface area contributed by atoms with Crippen molar-refractivity contribution >= 4 is 15.9 Å². The number of likely N-dealkylation sites (tertiary alicyclic amines) is 1. The van der Waals surface area contributed by atoms with Crippen LogP contribution in [-0.2, 0) is 12.0 Å². The minimum Gasteiger partial charge on any atom is -0.296 e. The zero-order valence-corrected chi connectivity index (χ0v) is 18.6. The number of hydrogen-bond donors (Lipinski definition) is 0. The van der Waals surface area contributed by atoms with Crippen LogP contribution in [0.2, 0.25) is 0 Å². The van der Waals surface area contributed by atoms with E-state index in [1.807, 2.05) is 36.4 Å². The monoisotopic (exact) mass is 462 g/mol. The van der Waals surface area contributed by atoms with Crippen LogP contribution in [0.25, 0.3) is 11.1 Å².